The summed E-state index contributed by atoms with van der Waals surface area (Å²) in [5, 5.41) is 0. The van der Waals surface area contributed by atoms with Crippen LogP contribution in [0.5, 0.6) is 0 Å². The second kappa shape index (κ2) is 6.22. The largest absolute Gasteiger partial charge is 0.0879 e. The van der Waals surface area contributed by atoms with Gasteiger partial charge in [0.25, 0.3) is 0 Å². The van der Waals surface area contributed by atoms with Crippen LogP contribution in [0.15, 0.2) is 60.7 Å². The molecule has 1 aromatic rings. The van der Waals surface area contributed by atoms with Crippen LogP contribution in [0.4, 0.5) is 0 Å². The molecule has 0 spiro atoms. The first-order valence-corrected chi connectivity index (χ1v) is 12.4. The highest BCUT2D eigenvalue weighted by Gasteiger charge is 2.64. The Morgan fingerprint density at radius 1 is 0.690 bits per heavy atom. The molecule has 0 aromatic heterocycles. The van der Waals surface area contributed by atoms with E-state index in [-0.39, 0.29) is 0 Å². The van der Waals surface area contributed by atoms with Crippen molar-refractivity contribution >= 4 is 0 Å². The molecule has 8 rings (SSSR count). The number of benzene rings is 1. The summed E-state index contributed by atoms with van der Waals surface area (Å²) in [6, 6.07) is 8.87. The van der Waals surface area contributed by atoms with Gasteiger partial charge >= 0.3 is 0 Å². The molecular formula is C29H34. The third-order valence-electron chi connectivity index (χ3n) is 10.3. The van der Waals surface area contributed by atoms with Crippen molar-refractivity contribution in [2.24, 2.45) is 59.2 Å². The molecule has 4 saturated carbocycles. The normalized spacial score (nSPS) is 50.9. The Balaban J connectivity index is 0.000000106. The standard InChI is InChI=1S/C15H18.C14H16/c1-2-10-11(3-1)13-7-12(10)14-8-4-5-9(6-8)15(13)14;1-10-4-2-3-5-13(10)14-9-11-6-7-12(14)8-11/h1-2,4-5,8-15H,3,6-7H2;2-7,11-12,14H,8-9H2,1H3/t8-,9+,10+,11-,12+,13-,14-,15+;/m0./s1. The molecule has 0 radical (unpaired) electrons. The van der Waals surface area contributed by atoms with Gasteiger partial charge < -0.3 is 0 Å². The second-order valence-electron chi connectivity index (χ2n) is 11.3. The molecule has 11 atom stereocenters. The summed E-state index contributed by atoms with van der Waals surface area (Å²) in [4.78, 5) is 0. The maximum Gasteiger partial charge on any atom is -0.00906 e. The highest BCUT2D eigenvalue weighted by molar-refractivity contribution is 5.33. The Morgan fingerprint density at radius 2 is 1.48 bits per heavy atom. The van der Waals surface area contributed by atoms with E-state index < -0.39 is 0 Å². The van der Waals surface area contributed by atoms with Crippen LogP contribution in [0.3, 0.4) is 0 Å². The molecule has 0 saturated heterocycles. The molecule has 0 aliphatic heterocycles. The van der Waals surface area contributed by atoms with Gasteiger partial charge in [-0.15, -0.1) is 0 Å². The molecule has 29 heavy (non-hydrogen) atoms. The third kappa shape index (κ3) is 2.38. The van der Waals surface area contributed by atoms with Crippen LogP contribution >= 0.6 is 0 Å². The van der Waals surface area contributed by atoms with Gasteiger partial charge in [0.15, 0.2) is 0 Å². The monoisotopic (exact) mass is 382 g/mol. The van der Waals surface area contributed by atoms with E-state index in [9.17, 15) is 0 Å². The molecule has 3 unspecified atom stereocenters. The number of rotatable bonds is 1. The van der Waals surface area contributed by atoms with Crippen molar-refractivity contribution in [3.63, 3.8) is 0 Å². The van der Waals surface area contributed by atoms with E-state index >= 15 is 0 Å². The zero-order valence-corrected chi connectivity index (χ0v) is 17.7. The van der Waals surface area contributed by atoms with E-state index in [0.29, 0.717) is 0 Å². The molecule has 150 valence electrons. The van der Waals surface area contributed by atoms with E-state index in [1.807, 2.05) is 0 Å². The quantitative estimate of drug-likeness (QED) is 0.364. The average molecular weight is 383 g/mol. The Labute approximate surface area is 176 Å². The highest BCUT2D eigenvalue weighted by Crippen LogP contribution is 2.70. The van der Waals surface area contributed by atoms with Gasteiger partial charge in [-0.05, 0) is 115 Å². The first-order chi connectivity index (χ1) is 14.3. The fourth-order valence-corrected chi connectivity index (χ4v) is 9.36. The Hall–Kier alpha value is -1.56. The topological polar surface area (TPSA) is 0 Å². The Morgan fingerprint density at radius 3 is 2.24 bits per heavy atom. The van der Waals surface area contributed by atoms with Gasteiger partial charge in [-0.2, -0.15) is 0 Å². The Bertz CT molecular complexity index is 902. The molecule has 0 heterocycles. The molecule has 6 bridgehead atoms. The molecule has 0 amide bonds. The van der Waals surface area contributed by atoms with Crippen molar-refractivity contribution < 1.29 is 0 Å². The zero-order chi connectivity index (χ0) is 19.1. The summed E-state index contributed by atoms with van der Waals surface area (Å²) in [5.74, 6) is 11.0. The fraction of sp³-hybridized carbons (Fsp3) is 0.586. The van der Waals surface area contributed by atoms with E-state index in [0.717, 1.165) is 65.1 Å². The van der Waals surface area contributed by atoms with Crippen LogP contribution in [0.1, 0.15) is 49.1 Å². The lowest BCUT2D eigenvalue weighted by Gasteiger charge is -2.38. The molecule has 0 N–H and O–H groups in total. The van der Waals surface area contributed by atoms with Crippen LogP contribution in [0.25, 0.3) is 0 Å². The first-order valence-electron chi connectivity index (χ1n) is 12.4. The Kier molecular flexibility index (Phi) is 3.68. The lowest BCUT2D eigenvalue weighted by molar-refractivity contribution is 0.121. The maximum absolute atomic E-state index is 2.57. The predicted molar refractivity (Wildman–Crippen MR) is 119 cm³/mol. The van der Waals surface area contributed by atoms with Crippen LogP contribution in [0, 0.1) is 66.1 Å². The summed E-state index contributed by atoms with van der Waals surface area (Å²) in [7, 11) is 0. The number of hydrogen-bond donors (Lipinski definition) is 0. The van der Waals surface area contributed by atoms with Gasteiger partial charge in [-0.25, -0.2) is 0 Å². The van der Waals surface area contributed by atoms with Gasteiger partial charge in [0.05, 0.1) is 0 Å². The minimum atomic E-state index is 0.811. The van der Waals surface area contributed by atoms with E-state index in [4.69, 9.17) is 0 Å². The number of allylic oxidation sites excluding steroid dienone is 6. The highest BCUT2D eigenvalue weighted by atomic mass is 14.7. The molecule has 7 aliphatic rings. The second-order valence-corrected chi connectivity index (χ2v) is 11.3. The zero-order valence-electron chi connectivity index (χ0n) is 17.7. The molecular weight excluding hydrogens is 348 g/mol. The molecule has 0 nitrogen and oxygen atoms in total. The third-order valence-corrected chi connectivity index (χ3v) is 10.3. The summed E-state index contributed by atoms with van der Waals surface area (Å²) in [6.45, 7) is 2.24. The van der Waals surface area contributed by atoms with E-state index in [1.54, 1.807) is 12.0 Å². The minimum Gasteiger partial charge on any atom is -0.0879 e. The van der Waals surface area contributed by atoms with Crippen molar-refractivity contribution in [1.82, 2.24) is 0 Å². The van der Waals surface area contributed by atoms with E-state index in [2.05, 4.69) is 67.6 Å². The van der Waals surface area contributed by atoms with Crippen molar-refractivity contribution in [3.05, 3.63) is 71.8 Å². The SMILES string of the molecule is C1=C[C@H]2[C@H]3C[C@@H]([C@H]2C1)[C@@H]1[C@H]3[C@H]2C=C[C@@H]1C2.Cc1ccccc1C1CC2C=CC1C2. The molecule has 4 fully saturated rings. The van der Waals surface area contributed by atoms with E-state index in [1.165, 1.54) is 31.2 Å². The number of hydrogen-bond acceptors (Lipinski definition) is 0. The summed E-state index contributed by atoms with van der Waals surface area (Å²) in [5.41, 5.74) is 3.06. The molecule has 1 aromatic carbocycles. The number of aryl methyl sites for hydroxylation is 1. The summed E-state index contributed by atoms with van der Waals surface area (Å²) < 4.78 is 0. The maximum atomic E-state index is 2.57. The minimum absolute atomic E-state index is 0.811. The van der Waals surface area contributed by atoms with Crippen LogP contribution in [-0.4, -0.2) is 0 Å². The van der Waals surface area contributed by atoms with Crippen molar-refractivity contribution in [3.8, 4) is 0 Å². The van der Waals surface area contributed by atoms with Crippen molar-refractivity contribution in [2.75, 3.05) is 0 Å². The predicted octanol–water partition coefficient (Wildman–Crippen LogP) is 6.94. The lowest BCUT2D eigenvalue weighted by atomic mass is 9.66. The molecule has 0 heteroatoms. The summed E-state index contributed by atoms with van der Waals surface area (Å²) >= 11 is 0. The van der Waals surface area contributed by atoms with Crippen LogP contribution in [0.2, 0.25) is 0 Å². The van der Waals surface area contributed by atoms with Gasteiger partial charge in [-0.1, -0.05) is 60.7 Å². The van der Waals surface area contributed by atoms with Gasteiger partial charge in [0, 0.05) is 0 Å². The first kappa shape index (κ1) is 17.2. The fourth-order valence-electron chi connectivity index (χ4n) is 9.36. The van der Waals surface area contributed by atoms with Gasteiger partial charge in [0.2, 0.25) is 0 Å². The van der Waals surface area contributed by atoms with Crippen LogP contribution in [-0.2, 0) is 0 Å². The number of fused-ring (bicyclic) bond motifs is 14. The van der Waals surface area contributed by atoms with Crippen molar-refractivity contribution in [2.45, 2.75) is 44.9 Å². The average Bonchev–Trinajstić information content (AvgIpc) is 3.56. The van der Waals surface area contributed by atoms with Gasteiger partial charge in [-0.3, -0.25) is 0 Å². The lowest BCUT2D eigenvalue weighted by Crippen LogP contribution is -2.34. The van der Waals surface area contributed by atoms with Crippen LogP contribution < -0.4 is 0 Å². The smallest absolute Gasteiger partial charge is 0.00906 e. The molecule has 7 aliphatic carbocycles. The summed E-state index contributed by atoms with van der Waals surface area (Å²) in [6.07, 6.45) is 22.3. The van der Waals surface area contributed by atoms with Gasteiger partial charge in [0.1, 0.15) is 0 Å². The van der Waals surface area contributed by atoms with Crippen molar-refractivity contribution in [1.29, 1.82) is 0 Å².